The van der Waals surface area contributed by atoms with Crippen molar-refractivity contribution in [2.24, 2.45) is 5.92 Å². The van der Waals surface area contributed by atoms with Crippen molar-refractivity contribution in [3.63, 3.8) is 0 Å². The predicted octanol–water partition coefficient (Wildman–Crippen LogP) is 5.77. The Labute approximate surface area is 215 Å². The van der Waals surface area contributed by atoms with Crippen LogP contribution in [0.4, 0.5) is 5.69 Å². The molecule has 0 bridgehead atoms. The van der Waals surface area contributed by atoms with Crippen LogP contribution in [0.1, 0.15) is 62.5 Å². The Bertz CT molecular complexity index is 976. The third kappa shape index (κ3) is 6.80. The van der Waals surface area contributed by atoms with E-state index in [1.165, 1.54) is 5.56 Å². The Hall–Kier alpha value is -2.57. The van der Waals surface area contributed by atoms with Gasteiger partial charge >= 0.3 is 0 Å². The number of hydrogen-bond acceptors (Lipinski definition) is 6. The number of fused-ring (bicyclic) bond motifs is 1. The average Bonchev–Trinajstić information content (AvgIpc) is 2.92. The lowest BCUT2D eigenvalue weighted by molar-refractivity contribution is -0.120. The first-order chi connectivity index (χ1) is 17.6. The lowest BCUT2D eigenvalue weighted by Gasteiger charge is -2.36. The molecule has 2 aromatic carbocycles. The summed E-state index contributed by atoms with van der Waals surface area (Å²) in [6, 6.07) is 14.8. The Morgan fingerprint density at radius 1 is 1.11 bits per heavy atom. The van der Waals surface area contributed by atoms with Gasteiger partial charge in [0.25, 0.3) is 0 Å². The van der Waals surface area contributed by atoms with Crippen LogP contribution in [-0.2, 0) is 20.9 Å². The highest BCUT2D eigenvalue weighted by atomic mass is 16.5. The Balaban J connectivity index is 1.45. The van der Waals surface area contributed by atoms with Crippen LogP contribution in [0.5, 0.6) is 11.5 Å². The summed E-state index contributed by atoms with van der Waals surface area (Å²) in [7, 11) is 3.44. The van der Waals surface area contributed by atoms with Gasteiger partial charge in [-0.15, -0.1) is 0 Å². The maximum Gasteiger partial charge on any atom is 0.142 e. The van der Waals surface area contributed by atoms with Gasteiger partial charge in [0.15, 0.2) is 0 Å². The van der Waals surface area contributed by atoms with Crippen molar-refractivity contribution in [3.8, 4) is 11.5 Å². The number of rotatable bonds is 12. The van der Waals surface area contributed by atoms with E-state index in [2.05, 4.69) is 35.2 Å². The fourth-order valence-electron chi connectivity index (χ4n) is 5.53. The standard InChI is InChI=1S/C30H41NO5/c1-4-25(32)18-22-6-12-29(27(19-22)24-8-10-26(34-3)11-9-24)36-21-23-7-13-30-28(20-23)31(15-17-35-30)14-5-16-33-2/h7-11,13,20,22,27,29H,4-6,12,14-19,21H2,1-3H3/t22-,27-,29+/m1/s1. The van der Waals surface area contributed by atoms with E-state index in [-0.39, 0.29) is 12.0 Å². The summed E-state index contributed by atoms with van der Waals surface area (Å²) in [5.74, 6) is 2.85. The minimum atomic E-state index is 0.122. The van der Waals surface area contributed by atoms with Crippen LogP contribution >= 0.6 is 0 Å². The zero-order chi connectivity index (χ0) is 25.3. The van der Waals surface area contributed by atoms with Gasteiger partial charge < -0.3 is 23.8 Å². The minimum absolute atomic E-state index is 0.122. The Morgan fingerprint density at radius 3 is 2.69 bits per heavy atom. The number of anilines is 1. The number of carbonyl (C=O) groups excluding carboxylic acids is 1. The molecule has 0 spiro atoms. The average molecular weight is 496 g/mol. The highest BCUT2D eigenvalue weighted by Gasteiger charge is 2.33. The molecule has 1 aliphatic heterocycles. The Morgan fingerprint density at radius 2 is 1.94 bits per heavy atom. The summed E-state index contributed by atoms with van der Waals surface area (Å²) in [6.45, 7) is 5.84. The largest absolute Gasteiger partial charge is 0.497 e. The number of hydrogen-bond donors (Lipinski definition) is 0. The van der Waals surface area contributed by atoms with Gasteiger partial charge in [0.2, 0.25) is 0 Å². The molecule has 0 N–H and O–H groups in total. The molecule has 6 nitrogen and oxygen atoms in total. The van der Waals surface area contributed by atoms with Crippen molar-refractivity contribution in [2.45, 2.75) is 64.1 Å². The van der Waals surface area contributed by atoms with Crippen molar-refractivity contribution in [2.75, 3.05) is 45.4 Å². The second kappa shape index (κ2) is 13.1. The lowest BCUT2D eigenvalue weighted by Crippen LogP contribution is -2.34. The van der Waals surface area contributed by atoms with Crippen LogP contribution in [0.3, 0.4) is 0 Å². The fraction of sp³-hybridized carbons (Fsp3) is 0.567. The second-order valence-electron chi connectivity index (χ2n) is 9.99. The molecule has 36 heavy (non-hydrogen) atoms. The maximum atomic E-state index is 12.2. The molecule has 1 fully saturated rings. The molecule has 3 atom stereocenters. The first-order valence-corrected chi connectivity index (χ1v) is 13.4. The van der Waals surface area contributed by atoms with Crippen molar-refractivity contribution >= 4 is 11.5 Å². The number of ether oxygens (including phenoxy) is 4. The van der Waals surface area contributed by atoms with Crippen molar-refractivity contribution in [1.29, 1.82) is 0 Å². The summed E-state index contributed by atoms with van der Waals surface area (Å²) in [5.41, 5.74) is 3.57. The Kier molecular flexibility index (Phi) is 9.65. The van der Waals surface area contributed by atoms with Crippen molar-refractivity contribution in [1.82, 2.24) is 0 Å². The van der Waals surface area contributed by atoms with Crippen LogP contribution < -0.4 is 14.4 Å². The van der Waals surface area contributed by atoms with Crippen LogP contribution in [0.25, 0.3) is 0 Å². The minimum Gasteiger partial charge on any atom is -0.497 e. The molecule has 0 amide bonds. The number of Topliss-reactive ketones (excluding diaryl/α,β-unsaturated/α-hetero) is 1. The molecule has 0 saturated heterocycles. The molecular weight excluding hydrogens is 454 g/mol. The number of methoxy groups -OCH3 is 2. The summed E-state index contributed by atoms with van der Waals surface area (Å²) in [6.07, 6.45) is 5.40. The molecule has 6 heteroatoms. The van der Waals surface area contributed by atoms with Gasteiger partial charge in [-0.25, -0.2) is 0 Å². The van der Waals surface area contributed by atoms with E-state index in [9.17, 15) is 4.79 Å². The van der Waals surface area contributed by atoms with E-state index in [1.807, 2.05) is 19.1 Å². The molecule has 1 saturated carbocycles. The summed E-state index contributed by atoms with van der Waals surface area (Å²) < 4.78 is 23.1. The van der Waals surface area contributed by atoms with E-state index in [0.717, 1.165) is 68.1 Å². The van der Waals surface area contributed by atoms with Crippen LogP contribution in [0.15, 0.2) is 42.5 Å². The monoisotopic (exact) mass is 495 g/mol. The molecule has 1 heterocycles. The van der Waals surface area contributed by atoms with Gasteiger partial charge in [0.05, 0.1) is 32.1 Å². The molecule has 1 aliphatic carbocycles. The SMILES string of the molecule is CCC(=O)C[C@H]1CC[C@H](OCc2ccc3c(c2)N(CCCOC)CCO3)[C@@H](c2ccc(OC)cc2)C1. The quantitative estimate of drug-likeness (QED) is 0.349. The van der Waals surface area contributed by atoms with Gasteiger partial charge in [0, 0.05) is 39.0 Å². The normalized spacial score (nSPS) is 21.5. The predicted molar refractivity (Wildman–Crippen MR) is 142 cm³/mol. The third-order valence-corrected chi connectivity index (χ3v) is 7.57. The third-order valence-electron chi connectivity index (χ3n) is 7.57. The second-order valence-corrected chi connectivity index (χ2v) is 9.99. The number of benzene rings is 2. The summed E-state index contributed by atoms with van der Waals surface area (Å²) in [5, 5.41) is 0. The van der Waals surface area contributed by atoms with Crippen LogP contribution in [-0.4, -0.2) is 52.4 Å². The molecule has 0 radical (unpaired) electrons. The number of ketones is 1. The zero-order valence-electron chi connectivity index (χ0n) is 22.0. The molecule has 2 aliphatic rings. The van der Waals surface area contributed by atoms with E-state index in [0.29, 0.717) is 37.8 Å². The first kappa shape index (κ1) is 26.5. The summed E-state index contributed by atoms with van der Waals surface area (Å²) in [4.78, 5) is 14.5. The van der Waals surface area contributed by atoms with Gasteiger partial charge in [-0.1, -0.05) is 25.1 Å². The highest BCUT2D eigenvalue weighted by Crippen LogP contribution is 2.41. The number of carbonyl (C=O) groups is 1. The van der Waals surface area contributed by atoms with Crippen LogP contribution in [0.2, 0.25) is 0 Å². The summed E-state index contributed by atoms with van der Waals surface area (Å²) >= 11 is 0. The lowest BCUT2D eigenvalue weighted by atomic mass is 9.74. The van der Waals surface area contributed by atoms with Gasteiger partial charge in [-0.05, 0) is 67.0 Å². The van der Waals surface area contributed by atoms with Crippen molar-refractivity contribution in [3.05, 3.63) is 53.6 Å². The topological polar surface area (TPSA) is 57.2 Å². The van der Waals surface area contributed by atoms with Gasteiger partial charge in [-0.2, -0.15) is 0 Å². The van der Waals surface area contributed by atoms with Crippen molar-refractivity contribution < 1.29 is 23.7 Å². The van der Waals surface area contributed by atoms with Gasteiger partial charge in [-0.3, -0.25) is 4.79 Å². The van der Waals surface area contributed by atoms with Crippen LogP contribution in [0, 0.1) is 5.92 Å². The first-order valence-electron chi connectivity index (χ1n) is 13.4. The number of nitrogens with zero attached hydrogens (tertiary/aromatic N) is 1. The maximum absolute atomic E-state index is 12.2. The van der Waals surface area contributed by atoms with E-state index in [1.54, 1.807) is 14.2 Å². The molecular formula is C30H41NO5. The van der Waals surface area contributed by atoms with Gasteiger partial charge in [0.1, 0.15) is 23.9 Å². The van der Waals surface area contributed by atoms with E-state index >= 15 is 0 Å². The molecule has 4 rings (SSSR count). The molecule has 0 unspecified atom stereocenters. The molecule has 196 valence electrons. The van der Waals surface area contributed by atoms with E-state index in [4.69, 9.17) is 18.9 Å². The smallest absolute Gasteiger partial charge is 0.142 e. The highest BCUT2D eigenvalue weighted by molar-refractivity contribution is 5.78. The van der Waals surface area contributed by atoms with E-state index < -0.39 is 0 Å². The zero-order valence-corrected chi connectivity index (χ0v) is 22.0. The molecule has 2 aromatic rings. The molecule has 0 aromatic heterocycles. The fourth-order valence-corrected chi connectivity index (χ4v) is 5.53.